The normalized spacial score (nSPS) is 41.7. The summed E-state index contributed by atoms with van der Waals surface area (Å²) in [7, 11) is 0. The van der Waals surface area contributed by atoms with Crippen molar-refractivity contribution in [1.82, 2.24) is 0 Å². The Morgan fingerprint density at radius 3 is 2.50 bits per heavy atom. The van der Waals surface area contributed by atoms with Gasteiger partial charge in [0.1, 0.15) is 0 Å². The molecule has 0 radical (unpaired) electrons. The van der Waals surface area contributed by atoms with Gasteiger partial charge in [0.05, 0.1) is 0 Å². The van der Waals surface area contributed by atoms with Crippen molar-refractivity contribution in [3.8, 4) is 0 Å². The Labute approximate surface area is 67.9 Å². The molecule has 1 saturated carbocycles. The van der Waals surface area contributed by atoms with E-state index in [9.17, 15) is 0 Å². The van der Waals surface area contributed by atoms with Crippen LogP contribution in [-0.2, 0) is 0 Å². The summed E-state index contributed by atoms with van der Waals surface area (Å²) >= 11 is 1.56. The second-order valence-electron chi connectivity index (χ2n) is 3.57. The molecule has 1 aliphatic carbocycles. The molecule has 1 aliphatic rings. The van der Waals surface area contributed by atoms with E-state index in [1.165, 1.54) is 19.3 Å². The molecule has 2 N–H and O–H groups in total. The Balaban J connectivity index is 2.38. The molecular weight excluding hydrogens is 142 g/mol. The van der Waals surface area contributed by atoms with Gasteiger partial charge in [-0.3, -0.25) is 5.14 Å². The Morgan fingerprint density at radius 1 is 1.30 bits per heavy atom. The summed E-state index contributed by atoms with van der Waals surface area (Å²) in [4.78, 5) is 0. The summed E-state index contributed by atoms with van der Waals surface area (Å²) in [5, 5.41) is 6.30. The summed E-state index contributed by atoms with van der Waals surface area (Å²) in [5.41, 5.74) is 0. The molecule has 1 nitrogen and oxygen atoms in total. The second kappa shape index (κ2) is 3.63. The van der Waals surface area contributed by atoms with E-state index in [1.807, 2.05) is 0 Å². The van der Waals surface area contributed by atoms with Crippen LogP contribution in [0.5, 0.6) is 0 Å². The zero-order valence-electron chi connectivity index (χ0n) is 6.84. The van der Waals surface area contributed by atoms with Crippen molar-refractivity contribution in [2.45, 2.75) is 38.4 Å². The van der Waals surface area contributed by atoms with Crippen LogP contribution in [0.3, 0.4) is 0 Å². The fourth-order valence-electron chi connectivity index (χ4n) is 1.67. The maximum absolute atomic E-state index is 5.57. The lowest BCUT2D eigenvalue weighted by molar-refractivity contribution is 0.318. The minimum absolute atomic E-state index is 0.726. The third-order valence-electron chi connectivity index (χ3n) is 2.56. The number of hydrogen-bond acceptors (Lipinski definition) is 2. The molecule has 0 heterocycles. The molecule has 0 aromatic heterocycles. The fourth-order valence-corrected chi connectivity index (χ4v) is 2.51. The summed E-state index contributed by atoms with van der Waals surface area (Å²) in [6, 6.07) is 0. The van der Waals surface area contributed by atoms with E-state index in [0.29, 0.717) is 0 Å². The highest BCUT2D eigenvalue weighted by Crippen LogP contribution is 2.33. The van der Waals surface area contributed by atoms with Crippen LogP contribution in [0.15, 0.2) is 0 Å². The Morgan fingerprint density at radius 2 is 2.00 bits per heavy atom. The SMILES string of the molecule is CC1CCC(C)C(SN)C1. The van der Waals surface area contributed by atoms with Crippen LogP contribution in [0.2, 0.25) is 0 Å². The molecular formula is C8H17NS. The first kappa shape index (κ1) is 8.41. The minimum Gasteiger partial charge on any atom is -0.278 e. The van der Waals surface area contributed by atoms with Crippen LogP contribution in [0.25, 0.3) is 0 Å². The fraction of sp³-hybridized carbons (Fsp3) is 1.00. The standard InChI is InChI=1S/C8H17NS/c1-6-3-4-7(2)8(5-6)10-9/h6-8H,3-5,9H2,1-2H3. The molecule has 1 rings (SSSR count). The van der Waals surface area contributed by atoms with Gasteiger partial charge in [0.15, 0.2) is 0 Å². The van der Waals surface area contributed by atoms with Gasteiger partial charge in [0, 0.05) is 5.25 Å². The van der Waals surface area contributed by atoms with Crippen molar-refractivity contribution in [2.75, 3.05) is 0 Å². The molecule has 2 heteroatoms. The van der Waals surface area contributed by atoms with E-state index in [4.69, 9.17) is 5.14 Å². The topological polar surface area (TPSA) is 26.0 Å². The molecule has 0 aromatic carbocycles. The first-order chi connectivity index (χ1) is 4.74. The van der Waals surface area contributed by atoms with Crippen molar-refractivity contribution in [1.29, 1.82) is 0 Å². The Kier molecular flexibility index (Phi) is 3.05. The van der Waals surface area contributed by atoms with Crippen molar-refractivity contribution in [2.24, 2.45) is 17.0 Å². The molecule has 3 unspecified atom stereocenters. The van der Waals surface area contributed by atoms with Crippen LogP contribution in [0.4, 0.5) is 0 Å². The van der Waals surface area contributed by atoms with Gasteiger partial charge in [0.25, 0.3) is 0 Å². The molecule has 3 atom stereocenters. The average molecular weight is 159 g/mol. The van der Waals surface area contributed by atoms with Gasteiger partial charge >= 0.3 is 0 Å². The molecule has 1 fully saturated rings. The highest BCUT2D eigenvalue weighted by atomic mass is 32.2. The predicted octanol–water partition coefficient (Wildman–Crippen LogP) is 2.42. The van der Waals surface area contributed by atoms with Gasteiger partial charge in [-0.25, -0.2) is 0 Å². The van der Waals surface area contributed by atoms with Gasteiger partial charge in [-0.2, -0.15) is 0 Å². The van der Waals surface area contributed by atoms with E-state index >= 15 is 0 Å². The zero-order chi connectivity index (χ0) is 7.56. The number of hydrogen-bond donors (Lipinski definition) is 1. The second-order valence-corrected chi connectivity index (χ2v) is 4.45. The lowest BCUT2D eigenvalue weighted by Crippen LogP contribution is -2.25. The quantitative estimate of drug-likeness (QED) is 0.595. The molecule has 0 amide bonds. The monoisotopic (exact) mass is 159 g/mol. The van der Waals surface area contributed by atoms with E-state index in [1.54, 1.807) is 11.9 Å². The Bertz CT molecular complexity index is 105. The largest absolute Gasteiger partial charge is 0.278 e. The van der Waals surface area contributed by atoms with Crippen LogP contribution in [0.1, 0.15) is 33.1 Å². The highest BCUT2D eigenvalue weighted by molar-refractivity contribution is 7.97. The molecule has 0 aliphatic heterocycles. The van der Waals surface area contributed by atoms with Crippen molar-refractivity contribution >= 4 is 11.9 Å². The summed E-state index contributed by atoms with van der Waals surface area (Å²) in [6.45, 7) is 4.64. The van der Waals surface area contributed by atoms with E-state index in [0.717, 1.165) is 17.1 Å². The van der Waals surface area contributed by atoms with E-state index in [-0.39, 0.29) is 0 Å². The first-order valence-electron chi connectivity index (χ1n) is 4.09. The van der Waals surface area contributed by atoms with Crippen LogP contribution in [-0.4, -0.2) is 5.25 Å². The van der Waals surface area contributed by atoms with Crippen molar-refractivity contribution < 1.29 is 0 Å². The van der Waals surface area contributed by atoms with Gasteiger partial charge in [-0.05, 0) is 24.7 Å². The van der Waals surface area contributed by atoms with Gasteiger partial charge in [-0.15, -0.1) is 0 Å². The Hall–Kier alpha value is 0.310. The highest BCUT2D eigenvalue weighted by Gasteiger charge is 2.24. The van der Waals surface area contributed by atoms with Crippen molar-refractivity contribution in [3.63, 3.8) is 0 Å². The van der Waals surface area contributed by atoms with Gasteiger partial charge in [0.2, 0.25) is 0 Å². The third-order valence-corrected chi connectivity index (χ3v) is 3.57. The lowest BCUT2D eigenvalue weighted by atomic mass is 9.84. The van der Waals surface area contributed by atoms with Crippen LogP contribution < -0.4 is 5.14 Å². The molecule has 0 bridgehead atoms. The summed E-state index contributed by atoms with van der Waals surface area (Å²) < 4.78 is 0. The average Bonchev–Trinajstić information content (AvgIpc) is 1.94. The summed E-state index contributed by atoms with van der Waals surface area (Å²) in [5.74, 6) is 1.74. The van der Waals surface area contributed by atoms with Crippen molar-refractivity contribution in [3.05, 3.63) is 0 Å². The minimum atomic E-state index is 0.726. The first-order valence-corrected chi connectivity index (χ1v) is 5.04. The zero-order valence-corrected chi connectivity index (χ0v) is 7.66. The molecule has 10 heavy (non-hydrogen) atoms. The van der Waals surface area contributed by atoms with Gasteiger partial charge in [-0.1, -0.05) is 32.2 Å². The smallest absolute Gasteiger partial charge is 0.0218 e. The van der Waals surface area contributed by atoms with Crippen LogP contribution in [0, 0.1) is 11.8 Å². The van der Waals surface area contributed by atoms with Gasteiger partial charge < -0.3 is 0 Å². The maximum atomic E-state index is 5.57. The maximum Gasteiger partial charge on any atom is 0.0218 e. The van der Waals surface area contributed by atoms with E-state index < -0.39 is 0 Å². The third kappa shape index (κ3) is 1.89. The molecule has 60 valence electrons. The molecule has 0 spiro atoms. The van der Waals surface area contributed by atoms with E-state index in [2.05, 4.69) is 13.8 Å². The lowest BCUT2D eigenvalue weighted by Gasteiger charge is -2.30. The predicted molar refractivity (Wildman–Crippen MR) is 47.7 cm³/mol. The summed E-state index contributed by atoms with van der Waals surface area (Å²) in [6.07, 6.45) is 4.09. The number of rotatable bonds is 1. The van der Waals surface area contributed by atoms with Crippen LogP contribution >= 0.6 is 11.9 Å². The number of nitrogens with two attached hydrogens (primary N) is 1. The molecule has 0 aromatic rings. The molecule has 0 saturated heterocycles.